The van der Waals surface area contributed by atoms with Crippen LogP contribution in [0.5, 0.6) is 0 Å². The van der Waals surface area contributed by atoms with Crippen LogP contribution in [0.25, 0.3) is 0 Å². The smallest absolute Gasteiger partial charge is 0.368 e. The van der Waals surface area contributed by atoms with Gasteiger partial charge in [-0.05, 0) is 18.2 Å². The summed E-state index contributed by atoms with van der Waals surface area (Å²) in [6.45, 7) is -0.661. The van der Waals surface area contributed by atoms with Gasteiger partial charge in [-0.1, -0.05) is 12.1 Å². The Labute approximate surface area is 156 Å². The topological polar surface area (TPSA) is 97.5 Å². The Kier molecular flexibility index (Phi) is 7.13. The molecule has 12 heteroatoms. The van der Waals surface area contributed by atoms with E-state index in [0.29, 0.717) is 6.08 Å². The number of para-hydroxylation sites is 1. The van der Waals surface area contributed by atoms with Crippen LogP contribution in [-0.4, -0.2) is 53.2 Å². The minimum Gasteiger partial charge on any atom is -0.368 e. The van der Waals surface area contributed by atoms with E-state index in [2.05, 4.69) is 0 Å². The number of alkyl halides is 2. The van der Waals surface area contributed by atoms with Gasteiger partial charge in [-0.2, -0.15) is 8.78 Å². The van der Waals surface area contributed by atoms with E-state index in [1.807, 2.05) is 0 Å². The Morgan fingerprint density at radius 2 is 1.77 bits per heavy atom. The van der Waals surface area contributed by atoms with Crippen molar-refractivity contribution in [2.45, 2.75) is 10.2 Å². The minimum atomic E-state index is -5.39. The monoisotopic (exact) mass is 434 g/mol. The number of hydrogen-bond donors (Lipinski definition) is 1. The molecular formula is C14H18ClF3N2O4S2. The summed E-state index contributed by atoms with van der Waals surface area (Å²) < 4.78 is 89.6. The fourth-order valence-corrected chi connectivity index (χ4v) is 4.94. The standard InChI is InChI=1S/C14H17F3N2O4S2.ClH/c15-13(5-6-18)14(16,17)25(22,23)12-4-2-1-3-11(12)19-7-9-24(20,21)10-8-19;/h1-5H,6-10,18H2;1H. The van der Waals surface area contributed by atoms with Crippen LogP contribution in [0.15, 0.2) is 41.1 Å². The molecule has 1 fully saturated rings. The van der Waals surface area contributed by atoms with Crippen molar-refractivity contribution in [3.63, 3.8) is 0 Å². The molecule has 1 heterocycles. The van der Waals surface area contributed by atoms with Crippen LogP contribution in [0.2, 0.25) is 0 Å². The first-order valence-corrected chi connectivity index (χ1v) is 10.6. The molecule has 2 N–H and O–H groups in total. The van der Waals surface area contributed by atoms with E-state index in [-0.39, 0.29) is 42.7 Å². The van der Waals surface area contributed by atoms with Gasteiger partial charge in [0.05, 0.1) is 22.1 Å². The molecule has 1 aliphatic heterocycles. The number of nitrogens with two attached hydrogens (primary N) is 1. The summed E-state index contributed by atoms with van der Waals surface area (Å²) in [5, 5.41) is -4.77. The molecule has 26 heavy (non-hydrogen) atoms. The number of rotatable bonds is 5. The lowest BCUT2D eigenvalue weighted by Gasteiger charge is -2.30. The lowest BCUT2D eigenvalue weighted by atomic mass is 10.3. The largest absolute Gasteiger partial charge is 0.400 e. The number of hydrogen-bond acceptors (Lipinski definition) is 6. The first-order valence-electron chi connectivity index (χ1n) is 7.26. The maximum atomic E-state index is 14.1. The molecule has 0 saturated carbocycles. The molecule has 2 rings (SSSR count). The average molecular weight is 435 g/mol. The van der Waals surface area contributed by atoms with Crippen molar-refractivity contribution in [1.82, 2.24) is 0 Å². The van der Waals surface area contributed by atoms with Crippen LogP contribution in [0.4, 0.5) is 18.9 Å². The van der Waals surface area contributed by atoms with E-state index in [1.165, 1.54) is 23.1 Å². The molecule has 6 nitrogen and oxygen atoms in total. The maximum Gasteiger partial charge on any atom is 0.400 e. The van der Waals surface area contributed by atoms with Crippen LogP contribution in [0.1, 0.15) is 0 Å². The van der Waals surface area contributed by atoms with E-state index in [0.717, 1.165) is 6.07 Å². The Bertz CT molecular complexity index is 875. The summed E-state index contributed by atoms with van der Waals surface area (Å²) in [4.78, 5) is 0.619. The number of sulfone groups is 2. The highest BCUT2D eigenvalue weighted by molar-refractivity contribution is 7.93. The molecule has 1 aromatic rings. The average Bonchev–Trinajstić information content (AvgIpc) is 2.55. The fraction of sp³-hybridized carbons (Fsp3) is 0.429. The third-order valence-corrected chi connectivity index (χ3v) is 7.16. The SMILES string of the molecule is Cl.NCC=C(F)C(F)(F)S(=O)(=O)c1ccccc1N1CCS(=O)(=O)CC1. The second-order valence-electron chi connectivity index (χ2n) is 5.41. The van der Waals surface area contributed by atoms with Crippen LogP contribution >= 0.6 is 12.4 Å². The predicted octanol–water partition coefficient (Wildman–Crippen LogP) is 1.52. The minimum absolute atomic E-state index is 0. The van der Waals surface area contributed by atoms with E-state index in [1.54, 1.807) is 0 Å². The van der Waals surface area contributed by atoms with Gasteiger partial charge in [0.1, 0.15) is 0 Å². The van der Waals surface area contributed by atoms with Gasteiger partial charge in [0.2, 0.25) is 0 Å². The van der Waals surface area contributed by atoms with Crippen molar-refractivity contribution < 1.29 is 30.0 Å². The van der Waals surface area contributed by atoms with E-state index < -0.39 is 42.2 Å². The number of nitrogens with zero attached hydrogens (tertiary/aromatic N) is 1. The molecule has 0 radical (unpaired) electrons. The van der Waals surface area contributed by atoms with Crippen molar-refractivity contribution in [2.24, 2.45) is 5.73 Å². The quantitative estimate of drug-likeness (QED) is 0.754. The Hall–Kier alpha value is -1.30. The van der Waals surface area contributed by atoms with Gasteiger partial charge < -0.3 is 10.6 Å². The molecule has 1 aromatic carbocycles. The lowest BCUT2D eigenvalue weighted by molar-refractivity contribution is 0.105. The first-order chi connectivity index (χ1) is 11.5. The van der Waals surface area contributed by atoms with Crippen LogP contribution in [0, 0.1) is 0 Å². The van der Waals surface area contributed by atoms with Crippen molar-refractivity contribution in [3.8, 4) is 0 Å². The molecular weight excluding hydrogens is 417 g/mol. The molecule has 1 saturated heterocycles. The number of benzene rings is 1. The second-order valence-corrected chi connectivity index (χ2v) is 9.68. The van der Waals surface area contributed by atoms with Crippen molar-refractivity contribution in [2.75, 3.05) is 36.0 Å². The highest BCUT2D eigenvalue weighted by Gasteiger charge is 2.51. The van der Waals surface area contributed by atoms with Gasteiger partial charge in [0, 0.05) is 19.6 Å². The maximum absolute atomic E-state index is 14.1. The summed E-state index contributed by atoms with van der Waals surface area (Å²) in [6.07, 6.45) is 0.299. The van der Waals surface area contributed by atoms with Gasteiger partial charge in [0.25, 0.3) is 9.84 Å². The van der Waals surface area contributed by atoms with Crippen molar-refractivity contribution >= 4 is 37.8 Å². The Morgan fingerprint density at radius 3 is 2.31 bits per heavy atom. The third-order valence-electron chi connectivity index (χ3n) is 3.75. The molecule has 0 aliphatic carbocycles. The van der Waals surface area contributed by atoms with Crippen LogP contribution < -0.4 is 10.6 Å². The zero-order valence-corrected chi connectivity index (χ0v) is 15.9. The Morgan fingerprint density at radius 1 is 1.23 bits per heavy atom. The van der Waals surface area contributed by atoms with E-state index in [4.69, 9.17) is 5.73 Å². The summed E-state index contributed by atoms with van der Waals surface area (Å²) >= 11 is 0. The van der Waals surface area contributed by atoms with Crippen molar-refractivity contribution in [1.29, 1.82) is 0 Å². The van der Waals surface area contributed by atoms with Gasteiger partial charge in [-0.15, -0.1) is 12.4 Å². The summed E-state index contributed by atoms with van der Waals surface area (Å²) in [5.41, 5.74) is 4.89. The Balaban J connectivity index is 0.00000338. The summed E-state index contributed by atoms with van der Waals surface area (Å²) in [5.74, 6) is -2.59. The first kappa shape index (κ1) is 22.7. The van der Waals surface area contributed by atoms with Gasteiger partial charge in [0.15, 0.2) is 15.7 Å². The molecule has 0 amide bonds. The predicted molar refractivity (Wildman–Crippen MR) is 94.9 cm³/mol. The third kappa shape index (κ3) is 4.33. The molecule has 0 aromatic heterocycles. The molecule has 0 bridgehead atoms. The molecule has 0 unspecified atom stereocenters. The highest BCUT2D eigenvalue weighted by atomic mass is 35.5. The highest BCUT2D eigenvalue weighted by Crippen LogP contribution is 2.40. The van der Waals surface area contributed by atoms with Crippen LogP contribution in [0.3, 0.4) is 0 Å². The zero-order chi connectivity index (χ0) is 18.9. The van der Waals surface area contributed by atoms with E-state index in [9.17, 15) is 30.0 Å². The molecule has 1 aliphatic rings. The number of anilines is 1. The summed E-state index contributed by atoms with van der Waals surface area (Å²) in [7, 11) is -8.64. The summed E-state index contributed by atoms with van der Waals surface area (Å²) in [6, 6.07) is 4.89. The van der Waals surface area contributed by atoms with Gasteiger partial charge in [-0.3, -0.25) is 0 Å². The lowest BCUT2D eigenvalue weighted by Crippen LogP contribution is -2.41. The van der Waals surface area contributed by atoms with E-state index >= 15 is 0 Å². The van der Waals surface area contributed by atoms with Gasteiger partial charge in [-0.25, -0.2) is 21.2 Å². The fourth-order valence-electron chi connectivity index (χ4n) is 2.39. The molecule has 0 spiro atoms. The zero-order valence-electron chi connectivity index (χ0n) is 13.4. The molecule has 0 atom stereocenters. The second kappa shape index (κ2) is 8.15. The van der Waals surface area contributed by atoms with Gasteiger partial charge >= 0.3 is 5.25 Å². The molecule has 148 valence electrons. The van der Waals surface area contributed by atoms with Crippen molar-refractivity contribution in [3.05, 3.63) is 36.2 Å². The number of halogens is 4. The normalized spacial score (nSPS) is 18.3. The van der Waals surface area contributed by atoms with Crippen LogP contribution in [-0.2, 0) is 19.7 Å².